The Morgan fingerprint density at radius 3 is 1.95 bits per heavy atom. The molecule has 1 aliphatic rings. The summed E-state index contributed by atoms with van der Waals surface area (Å²) in [6.45, 7) is 8.68. The molecule has 0 amide bonds. The predicted molar refractivity (Wildman–Crippen MR) is 166 cm³/mol. The quantitative estimate of drug-likeness (QED) is 0.137. The standard InChI is InChI=1S/C36H56N2/c1-4-7-9-10-11-12-13-14-16-19-31-28-37-36(38-29-31)34-26-24-33(25-27-34)35(17-6-3)32-22-20-30(21-23-32)18-15-8-5-2/h6,24-30,32,35H,3-5,7-23H2,1-2H3. The maximum atomic E-state index is 4.72. The molecule has 2 nitrogen and oxygen atoms in total. The van der Waals surface area contributed by atoms with Gasteiger partial charge in [-0.25, -0.2) is 9.97 Å². The summed E-state index contributed by atoms with van der Waals surface area (Å²) >= 11 is 0. The Kier molecular flexibility index (Phi) is 14.8. The number of aromatic nitrogens is 2. The summed E-state index contributed by atoms with van der Waals surface area (Å²) in [6.07, 6.45) is 31.9. The van der Waals surface area contributed by atoms with Crippen LogP contribution in [0.25, 0.3) is 11.4 Å². The maximum Gasteiger partial charge on any atom is 0.159 e. The van der Waals surface area contributed by atoms with Crippen molar-refractivity contribution >= 4 is 0 Å². The van der Waals surface area contributed by atoms with Crippen molar-refractivity contribution in [2.45, 2.75) is 142 Å². The molecule has 0 bridgehead atoms. The smallest absolute Gasteiger partial charge is 0.159 e. The first kappa shape index (κ1) is 30.6. The lowest BCUT2D eigenvalue weighted by Gasteiger charge is -2.34. The van der Waals surface area contributed by atoms with Crippen molar-refractivity contribution in [1.29, 1.82) is 0 Å². The average molecular weight is 517 g/mol. The van der Waals surface area contributed by atoms with Gasteiger partial charge in [0.25, 0.3) is 0 Å². The fourth-order valence-electron chi connectivity index (χ4n) is 6.49. The minimum atomic E-state index is 0.595. The summed E-state index contributed by atoms with van der Waals surface area (Å²) in [6, 6.07) is 9.13. The van der Waals surface area contributed by atoms with E-state index in [0.29, 0.717) is 5.92 Å². The van der Waals surface area contributed by atoms with Gasteiger partial charge in [-0.2, -0.15) is 0 Å². The zero-order chi connectivity index (χ0) is 26.8. The zero-order valence-corrected chi connectivity index (χ0v) is 24.8. The molecule has 210 valence electrons. The zero-order valence-electron chi connectivity index (χ0n) is 24.8. The molecule has 1 unspecified atom stereocenters. The van der Waals surface area contributed by atoms with E-state index in [-0.39, 0.29) is 0 Å². The normalized spacial score (nSPS) is 18.4. The molecule has 2 aromatic rings. The third-order valence-electron chi connectivity index (χ3n) is 8.97. The second kappa shape index (κ2) is 18.3. The number of rotatable bonds is 19. The second-order valence-electron chi connectivity index (χ2n) is 12.0. The van der Waals surface area contributed by atoms with Crippen LogP contribution in [0.15, 0.2) is 49.3 Å². The Labute approximate surface area is 235 Å². The minimum Gasteiger partial charge on any atom is -0.236 e. The molecule has 1 saturated carbocycles. The van der Waals surface area contributed by atoms with Crippen molar-refractivity contribution in [3.05, 3.63) is 60.4 Å². The van der Waals surface area contributed by atoms with Gasteiger partial charge in [0.05, 0.1) is 0 Å². The summed E-state index contributed by atoms with van der Waals surface area (Å²) in [4.78, 5) is 9.44. The molecule has 38 heavy (non-hydrogen) atoms. The highest BCUT2D eigenvalue weighted by Crippen LogP contribution is 2.41. The lowest BCUT2D eigenvalue weighted by Crippen LogP contribution is -2.20. The van der Waals surface area contributed by atoms with E-state index in [2.05, 4.69) is 50.8 Å². The van der Waals surface area contributed by atoms with Gasteiger partial charge in [0.2, 0.25) is 0 Å². The molecule has 1 aliphatic carbocycles. The Balaban J connectivity index is 1.44. The van der Waals surface area contributed by atoms with Crippen molar-refractivity contribution in [3.63, 3.8) is 0 Å². The molecular formula is C36H56N2. The number of nitrogens with zero attached hydrogens (tertiary/aromatic N) is 2. The number of allylic oxidation sites excluding steroid dienone is 1. The van der Waals surface area contributed by atoms with Gasteiger partial charge in [0.1, 0.15) is 0 Å². The number of unbranched alkanes of at least 4 members (excludes halogenated alkanes) is 10. The maximum absolute atomic E-state index is 4.72. The van der Waals surface area contributed by atoms with Gasteiger partial charge in [-0.05, 0) is 61.0 Å². The van der Waals surface area contributed by atoms with Gasteiger partial charge in [0.15, 0.2) is 5.82 Å². The van der Waals surface area contributed by atoms with Crippen LogP contribution >= 0.6 is 0 Å². The third-order valence-corrected chi connectivity index (χ3v) is 8.97. The van der Waals surface area contributed by atoms with Crippen LogP contribution in [-0.2, 0) is 6.42 Å². The SMILES string of the molecule is C=CCC(c1ccc(-c2ncc(CCCCCCCCCCC)cn2)cc1)C1CCC(CCCCC)CC1. The van der Waals surface area contributed by atoms with E-state index in [4.69, 9.17) is 9.97 Å². The molecule has 0 saturated heterocycles. The highest BCUT2D eigenvalue weighted by Gasteiger charge is 2.27. The molecule has 1 heterocycles. The van der Waals surface area contributed by atoms with Crippen LogP contribution in [0, 0.1) is 11.8 Å². The summed E-state index contributed by atoms with van der Waals surface area (Å²) in [5.74, 6) is 3.20. The van der Waals surface area contributed by atoms with E-state index in [9.17, 15) is 0 Å². The van der Waals surface area contributed by atoms with Gasteiger partial charge in [0, 0.05) is 18.0 Å². The molecule has 0 aliphatic heterocycles. The minimum absolute atomic E-state index is 0.595. The van der Waals surface area contributed by atoms with E-state index in [1.807, 2.05) is 12.4 Å². The van der Waals surface area contributed by atoms with E-state index >= 15 is 0 Å². The molecule has 2 heteroatoms. The van der Waals surface area contributed by atoms with E-state index in [0.717, 1.165) is 36.1 Å². The van der Waals surface area contributed by atoms with Crippen LogP contribution in [0.5, 0.6) is 0 Å². The molecule has 1 fully saturated rings. The summed E-state index contributed by atoms with van der Waals surface area (Å²) in [7, 11) is 0. The molecule has 1 aromatic heterocycles. The van der Waals surface area contributed by atoms with Crippen LogP contribution in [0.2, 0.25) is 0 Å². The number of benzene rings is 1. The van der Waals surface area contributed by atoms with Gasteiger partial charge in [-0.3, -0.25) is 0 Å². The summed E-state index contributed by atoms with van der Waals surface area (Å²) < 4.78 is 0. The first-order valence-corrected chi connectivity index (χ1v) is 16.3. The number of aryl methyl sites for hydroxylation is 1. The topological polar surface area (TPSA) is 25.8 Å². The highest BCUT2D eigenvalue weighted by atomic mass is 14.9. The van der Waals surface area contributed by atoms with Crippen molar-refractivity contribution in [2.75, 3.05) is 0 Å². The Morgan fingerprint density at radius 1 is 0.763 bits per heavy atom. The molecule has 1 atom stereocenters. The van der Waals surface area contributed by atoms with Crippen molar-refractivity contribution in [2.24, 2.45) is 11.8 Å². The Morgan fingerprint density at radius 2 is 1.34 bits per heavy atom. The Bertz CT molecular complexity index is 861. The first-order chi connectivity index (χ1) is 18.7. The van der Waals surface area contributed by atoms with E-state index < -0.39 is 0 Å². The van der Waals surface area contributed by atoms with Gasteiger partial charge in [-0.1, -0.05) is 134 Å². The van der Waals surface area contributed by atoms with Gasteiger partial charge < -0.3 is 0 Å². The third kappa shape index (κ3) is 10.7. The average Bonchev–Trinajstić information content (AvgIpc) is 2.96. The highest BCUT2D eigenvalue weighted by molar-refractivity contribution is 5.55. The van der Waals surface area contributed by atoms with Gasteiger partial charge in [-0.15, -0.1) is 6.58 Å². The predicted octanol–water partition coefficient (Wildman–Crippen LogP) is 11.3. The molecule has 0 radical (unpaired) electrons. The summed E-state index contributed by atoms with van der Waals surface area (Å²) in [5.41, 5.74) is 3.86. The van der Waals surface area contributed by atoms with Crippen molar-refractivity contribution in [3.8, 4) is 11.4 Å². The van der Waals surface area contributed by atoms with E-state index in [1.165, 1.54) is 120 Å². The monoisotopic (exact) mass is 516 g/mol. The fourth-order valence-corrected chi connectivity index (χ4v) is 6.49. The number of hydrogen-bond acceptors (Lipinski definition) is 2. The number of hydrogen-bond donors (Lipinski definition) is 0. The van der Waals surface area contributed by atoms with E-state index in [1.54, 1.807) is 0 Å². The van der Waals surface area contributed by atoms with Crippen LogP contribution in [-0.4, -0.2) is 9.97 Å². The molecule has 1 aromatic carbocycles. The fraction of sp³-hybridized carbons (Fsp3) is 0.667. The molecule has 3 rings (SSSR count). The summed E-state index contributed by atoms with van der Waals surface area (Å²) in [5, 5.41) is 0. The van der Waals surface area contributed by atoms with Crippen LogP contribution in [0.1, 0.15) is 146 Å². The lowest BCUT2D eigenvalue weighted by molar-refractivity contribution is 0.230. The van der Waals surface area contributed by atoms with Crippen molar-refractivity contribution < 1.29 is 0 Å². The molecular weight excluding hydrogens is 460 g/mol. The largest absolute Gasteiger partial charge is 0.236 e. The van der Waals surface area contributed by atoms with Crippen LogP contribution in [0.3, 0.4) is 0 Å². The van der Waals surface area contributed by atoms with Crippen LogP contribution < -0.4 is 0 Å². The molecule has 0 N–H and O–H groups in total. The first-order valence-electron chi connectivity index (χ1n) is 16.3. The van der Waals surface area contributed by atoms with Crippen molar-refractivity contribution in [1.82, 2.24) is 9.97 Å². The van der Waals surface area contributed by atoms with Crippen LogP contribution in [0.4, 0.5) is 0 Å². The Hall–Kier alpha value is -1.96. The van der Waals surface area contributed by atoms with Gasteiger partial charge >= 0.3 is 0 Å². The lowest BCUT2D eigenvalue weighted by atomic mass is 9.71. The second-order valence-corrected chi connectivity index (χ2v) is 12.0. The molecule has 0 spiro atoms.